The summed E-state index contributed by atoms with van der Waals surface area (Å²) < 4.78 is 8.04. The summed E-state index contributed by atoms with van der Waals surface area (Å²) in [6, 6.07) is 0.130. The molecule has 1 heterocycles. The van der Waals surface area contributed by atoms with E-state index in [4.69, 9.17) is 10.6 Å². The summed E-state index contributed by atoms with van der Waals surface area (Å²) in [6.45, 7) is 3.58. The first-order valence-electron chi connectivity index (χ1n) is 6.40. The summed E-state index contributed by atoms with van der Waals surface area (Å²) in [4.78, 5) is 0. The minimum atomic E-state index is 0.130. The molecule has 0 aliphatic rings. The Bertz CT molecular complexity index is 343. The van der Waals surface area contributed by atoms with Crippen LogP contribution in [0.4, 0.5) is 0 Å². The van der Waals surface area contributed by atoms with Crippen LogP contribution in [0.15, 0.2) is 10.7 Å². The average molecular weight is 319 g/mol. The number of hydrazine groups is 1. The van der Waals surface area contributed by atoms with Crippen molar-refractivity contribution in [3.63, 3.8) is 0 Å². The van der Waals surface area contributed by atoms with Gasteiger partial charge >= 0.3 is 0 Å². The van der Waals surface area contributed by atoms with Crippen molar-refractivity contribution in [3.05, 3.63) is 16.4 Å². The number of nitrogens with two attached hydrogens (primary N) is 1. The topological polar surface area (TPSA) is 65.1 Å². The van der Waals surface area contributed by atoms with Crippen LogP contribution in [0, 0.1) is 0 Å². The number of methoxy groups -OCH3 is 1. The molecule has 0 fully saturated rings. The summed E-state index contributed by atoms with van der Waals surface area (Å²) in [6.07, 6.45) is 6.42. The van der Waals surface area contributed by atoms with Crippen molar-refractivity contribution in [1.29, 1.82) is 0 Å². The predicted molar refractivity (Wildman–Crippen MR) is 76.0 cm³/mol. The lowest BCUT2D eigenvalue weighted by Gasteiger charge is -2.18. The molecule has 0 bridgehead atoms. The van der Waals surface area contributed by atoms with Gasteiger partial charge in [-0.3, -0.25) is 16.0 Å². The van der Waals surface area contributed by atoms with Gasteiger partial charge in [0.05, 0.1) is 35.6 Å². The van der Waals surface area contributed by atoms with Gasteiger partial charge in [0, 0.05) is 7.11 Å². The Balaban J connectivity index is 2.73. The fraction of sp³-hybridized carbons (Fsp3) is 0.750. The third-order valence-electron chi connectivity index (χ3n) is 2.97. The quantitative estimate of drug-likeness (QED) is 0.417. The van der Waals surface area contributed by atoms with Gasteiger partial charge in [0.25, 0.3) is 0 Å². The van der Waals surface area contributed by atoms with E-state index >= 15 is 0 Å². The number of rotatable bonds is 9. The highest BCUT2D eigenvalue weighted by Crippen LogP contribution is 2.26. The molecule has 1 rings (SSSR count). The van der Waals surface area contributed by atoms with Gasteiger partial charge in [-0.25, -0.2) is 0 Å². The summed E-state index contributed by atoms with van der Waals surface area (Å²) in [5.41, 5.74) is 3.99. The van der Waals surface area contributed by atoms with E-state index in [-0.39, 0.29) is 6.04 Å². The van der Waals surface area contributed by atoms with Gasteiger partial charge in [-0.05, 0) is 22.4 Å². The number of ether oxygens (including phenoxy) is 1. The fourth-order valence-electron chi connectivity index (χ4n) is 1.97. The van der Waals surface area contributed by atoms with Crippen molar-refractivity contribution in [2.45, 2.75) is 45.2 Å². The highest BCUT2D eigenvalue weighted by atomic mass is 79.9. The van der Waals surface area contributed by atoms with Gasteiger partial charge in [0.2, 0.25) is 0 Å². The molecule has 104 valence electrons. The molecule has 18 heavy (non-hydrogen) atoms. The molecule has 5 nitrogen and oxygen atoms in total. The third-order valence-corrected chi connectivity index (χ3v) is 3.58. The second-order valence-electron chi connectivity index (χ2n) is 4.31. The molecule has 0 amide bonds. The number of halogens is 1. The van der Waals surface area contributed by atoms with E-state index < -0.39 is 0 Å². The SMILES string of the molecule is CCCCCC(NN)c1c(Br)cnn1CCOC. The van der Waals surface area contributed by atoms with E-state index in [9.17, 15) is 0 Å². The Kier molecular flexibility index (Phi) is 7.50. The van der Waals surface area contributed by atoms with Gasteiger partial charge in [-0.15, -0.1) is 0 Å². The molecular formula is C12H23BrN4O. The summed E-state index contributed by atoms with van der Waals surface area (Å²) in [7, 11) is 1.69. The van der Waals surface area contributed by atoms with Crippen LogP contribution < -0.4 is 11.3 Å². The Hall–Kier alpha value is -0.430. The number of unbranched alkanes of at least 4 members (excludes halogenated alkanes) is 2. The Morgan fingerprint density at radius 2 is 2.33 bits per heavy atom. The lowest BCUT2D eigenvalue weighted by atomic mass is 10.1. The van der Waals surface area contributed by atoms with Crippen molar-refractivity contribution in [2.75, 3.05) is 13.7 Å². The molecule has 1 aromatic rings. The molecular weight excluding hydrogens is 296 g/mol. The first-order valence-corrected chi connectivity index (χ1v) is 7.20. The van der Waals surface area contributed by atoms with Crippen molar-refractivity contribution in [1.82, 2.24) is 15.2 Å². The van der Waals surface area contributed by atoms with Crippen LogP contribution in [0.1, 0.15) is 44.3 Å². The van der Waals surface area contributed by atoms with Crippen molar-refractivity contribution in [3.8, 4) is 0 Å². The third kappa shape index (κ3) is 4.35. The van der Waals surface area contributed by atoms with E-state index in [0.29, 0.717) is 6.61 Å². The lowest BCUT2D eigenvalue weighted by Crippen LogP contribution is -2.30. The highest BCUT2D eigenvalue weighted by molar-refractivity contribution is 9.10. The summed E-state index contributed by atoms with van der Waals surface area (Å²) in [5, 5.41) is 4.34. The smallest absolute Gasteiger partial charge is 0.0710 e. The maximum absolute atomic E-state index is 5.67. The Morgan fingerprint density at radius 1 is 1.56 bits per heavy atom. The van der Waals surface area contributed by atoms with E-state index in [2.05, 4.69) is 33.4 Å². The molecule has 3 N–H and O–H groups in total. The van der Waals surface area contributed by atoms with Crippen molar-refractivity contribution >= 4 is 15.9 Å². The molecule has 1 unspecified atom stereocenters. The minimum absolute atomic E-state index is 0.130. The van der Waals surface area contributed by atoms with Crippen LogP contribution in [-0.4, -0.2) is 23.5 Å². The van der Waals surface area contributed by atoms with Gasteiger partial charge in [-0.2, -0.15) is 5.10 Å². The number of nitrogens with zero attached hydrogens (tertiary/aromatic N) is 2. The average Bonchev–Trinajstić information content (AvgIpc) is 2.74. The second-order valence-corrected chi connectivity index (χ2v) is 5.16. The van der Waals surface area contributed by atoms with Crippen LogP contribution in [0.2, 0.25) is 0 Å². The minimum Gasteiger partial charge on any atom is -0.383 e. The normalized spacial score (nSPS) is 12.9. The first-order chi connectivity index (χ1) is 8.74. The van der Waals surface area contributed by atoms with Crippen LogP contribution in [0.3, 0.4) is 0 Å². The first kappa shape index (κ1) is 15.6. The number of aromatic nitrogens is 2. The lowest BCUT2D eigenvalue weighted by molar-refractivity contribution is 0.181. The van der Waals surface area contributed by atoms with Gasteiger partial charge in [0.1, 0.15) is 0 Å². The summed E-state index contributed by atoms with van der Waals surface area (Å²) in [5.74, 6) is 5.67. The molecule has 0 aromatic carbocycles. The van der Waals surface area contributed by atoms with Gasteiger partial charge in [0.15, 0.2) is 0 Å². The molecule has 0 saturated carbocycles. The highest BCUT2D eigenvalue weighted by Gasteiger charge is 2.18. The van der Waals surface area contributed by atoms with E-state index in [1.54, 1.807) is 7.11 Å². The molecule has 0 aliphatic heterocycles. The predicted octanol–water partition coefficient (Wildman–Crippen LogP) is 2.38. The number of nitrogens with one attached hydrogen (secondary N) is 1. The monoisotopic (exact) mass is 318 g/mol. The molecule has 1 atom stereocenters. The maximum Gasteiger partial charge on any atom is 0.0710 e. The van der Waals surface area contributed by atoms with Crippen molar-refractivity contribution < 1.29 is 4.74 Å². The van der Waals surface area contributed by atoms with Crippen LogP contribution >= 0.6 is 15.9 Å². The standard InChI is InChI=1S/C12H23BrN4O/c1-3-4-5-6-11(16-14)12-10(13)9-15-17(12)7-8-18-2/h9,11,16H,3-8,14H2,1-2H3. The largest absolute Gasteiger partial charge is 0.383 e. The Labute approximate surface area is 117 Å². The molecule has 0 saturated heterocycles. The van der Waals surface area contributed by atoms with Crippen LogP contribution in [-0.2, 0) is 11.3 Å². The van der Waals surface area contributed by atoms with E-state index in [1.165, 1.54) is 12.8 Å². The second kappa shape index (κ2) is 8.63. The fourth-order valence-corrected chi connectivity index (χ4v) is 2.54. The van der Waals surface area contributed by atoms with Gasteiger partial charge in [-0.1, -0.05) is 26.2 Å². The van der Waals surface area contributed by atoms with Crippen LogP contribution in [0.5, 0.6) is 0 Å². The number of hydrogen-bond donors (Lipinski definition) is 2. The zero-order chi connectivity index (χ0) is 13.4. The summed E-state index contributed by atoms with van der Waals surface area (Å²) >= 11 is 3.54. The molecule has 1 aromatic heterocycles. The zero-order valence-electron chi connectivity index (χ0n) is 11.2. The van der Waals surface area contributed by atoms with E-state index in [1.807, 2.05) is 10.9 Å². The number of hydrogen-bond acceptors (Lipinski definition) is 4. The molecule has 6 heteroatoms. The molecule has 0 radical (unpaired) electrons. The van der Waals surface area contributed by atoms with Gasteiger partial charge < -0.3 is 4.74 Å². The Morgan fingerprint density at radius 3 is 2.94 bits per heavy atom. The van der Waals surface area contributed by atoms with Crippen molar-refractivity contribution in [2.24, 2.45) is 5.84 Å². The maximum atomic E-state index is 5.67. The van der Waals surface area contributed by atoms with Crippen LogP contribution in [0.25, 0.3) is 0 Å². The molecule has 0 aliphatic carbocycles. The van der Waals surface area contributed by atoms with E-state index in [0.717, 1.165) is 29.6 Å². The molecule has 0 spiro atoms. The zero-order valence-corrected chi connectivity index (χ0v) is 12.7.